The van der Waals surface area contributed by atoms with Crippen LogP contribution in [0.25, 0.3) is 0 Å². The van der Waals surface area contributed by atoms with E-state index < -0.39 is 11.5 Å². The molecule has 0 amide bonds. The number of allylic oxidation sites excluding steroid dienone is 1. The minimum absolute atomic E-state index is 0.227. The van der Waals surface area contributed by atoms with Gasteiger partial charge in [-0.1, -0.05) is 22.2 Å². The standard InChI is InChI=1S/C26H37N8O4PS/c1-6-7-20-26(30-23(16-28-20)32-10-12-38-13-11-32)29-18-33(17-24-27-8-9-34(24)40(35)31(2)3)21-14-19(36-4)15-22(37-5)25(21)39/h7-9,14-16H,6,10-13,17-18,39H2,1-5H3/b20-7+,29-26+. The van der Waals surface area contributed by atoms with E-state index in [0.717, 1.165) is 42.0 Å². The van der Waals surface area contributed by atoms with E-state index in [0.29, 0.717) is 42.9 Å². The highest BCUT2D eigenvalue weighted by atomic mass is 32.2. The van der Waals surface area contributed by atoms with Crippen molar-refractivity contribution < 1.29 is 18.8 Å². The molecule has 1 fully saturated rings. The zero-order chi connectivity index (χ0) is 28.6. The number of aliphatic imine (C=N–C) groups is 3. The molecule has 0 saturated carbocycles. The maximum absolute atomic E-state index is 12.9. The molecular formula is C26H37N8O4PS. The molecule has 14 heteroatoms. The Bertz CT molecular complexity index is 1290. The Labute approximate surface area is 241 Å². The van der Waals surface area contributed by atoms with Crippen LogP contribution < -0.4 is 19.7 Å². The lowest BCUT2D eigenvalue weighted by Crippen LogP contribution is -2.42. The second kappa shape index (κ2) is 14.1. The summed E-state index contributed by atoms with van der Waals surface area (Å²) in [4.78, 5) is 23.2. The van der Waals surface area contributed by atoms with Crippen LogP contribution >= 0.6 is 9.24 Å². The first-order chi connectivity index (χ1) is 19.4. The number of hydrogen-bond donors (Lipinski definition) is 0. The van der Waals surface area contributed by atoms with Gasteiger partial charge in [0.05, 0.1) is 58.3 Å². The minimum atomic E-state index is -1.43. The monoisotopic (exact) mass is 588 g/mol. The third-order valence-corrected chi connectivity index (χ3v) is 8.15. The van der Waals surface area contributed by atoms with E-state index in [1.807, 2.05) is 23.1 Å². The fourth-order valence-corrected chi connectivity index (χ4v) is 5.46. The molecule has 1 aromatic heterocycles. The fourth-order valence-electron chi connectivity index (χ4n) is 4.20. The van der Waals surface area contributed by atoms with Crippen molar-refractivity contribution in [1.29, 1.82) is 0 Å². The van der Waals surface area contributed by atoms with Crippen molar-refractivity contribution in [3.63, 3.8) is 0 Å². The Morgan fingerprint density at radius 2 is 2.00 bits per heavy atom. The summed E-state index contributed by atoms with van der Waals surface area (Å²) in [5.41, 5.74) is 1.54. The van der Waals surface area contributed by atoms with Gasteiger partial charge in [-0.2, -0.15) is 0 Å². The van der Waals surface area contributed by atoms with Gasteiger partial charge in [-0.15, -0.1) is 8.28 Å². The van der Waals surface area contributed by atoms with Gasteiger partial charge in [-0.05, 0) is 6.42 Å². The Balaban J connectivity index is 1.74. The van der Waals surface area contributed by atoms with Gasteiger partial charge in [-0.25, -0.2) is 20.0 Å². The molecule has 12 nitrogen and oxygen atoms in total. The van der Waals surface area contributed by atoms with Crippen LogP contribution in [-0.4, -0.2) is 102 Å². The van der Waals surface area contributed by atoms with E-state index in [-0.39, 0.29) is 6.67 Å². The third-order valence-electron chi connectivity index (χ3n) is 6.28. The molecule has 2 atom stereocenters. The maximum atomic E-state index is 12.9. The second-order valence-electron chi connectivity index (χ2n) is 9.12. The molecule has 2 unspecified atom stereocenters. The van der Waals surface area contributed by atoms with Gasteiger partial charge in [0, 0.05) is 44.6 Å². The summed E-state index contributed by atoms with van der Waals surface area (Å²) in [6, 6.07) is 3.75. The largest absolute Gasteiger partial charge is 0.573 e. The van der Waals surface area contributed by atoms with Crippen molar-refractivity contribution in [3.05, 3.63) is 42.1 Å². The van der Waals surface area contributed by atoms with Crippen LogP contribution in [0.2, 0.25) is 0 Å². The molecule has 1 saturated heterocycles. The zero-order valence-electron chi connectivity index (χ0n) is 23.6. The number of imidazole rings is 1. The maximum Gasteiger partial charge on any atom is 0.177 e. The van der Waals surface area contributed by atoms with E-state index in [1.165, 1.54) is 0 Å². The number of morpholine rings is 1. The normalized spacial score (nSPS) is 18.4. The summed E-state index contributed by atoms with van der Waals surface area (Å²) in [5.74, 6) is 3.22. The number of amidine groups is 2. The molecule has 0 bridgehead atoms. The highest BCUT2D eigenvalue weighted by molar-refractivity contribution is 7.87. The van der Waals surface area contributed by atoms with Gasteiger partial charge in [-0.3, -0.25) is 0 Å². The zero-order valence-corrected chi connectivity index (χ0v) is 25.6. The number of methoxy groups -OCH3 is 2. The molecule has 2 aromatic rings. The molecule has 0 aliphatic carbocycles. The first-order valence-electron chi connectivity index (χ1n) is 12.9. The predicted molar refractivity (Wildman–Crippen MR) is 164 cm³/mol. The summed E-state index contributed by atoms with van der Waals surface area (Å²) >= 11 is -1.43. The minimum Gasteiger partial charge on any atom is -0.573 e. The Morgan fingerprint density at radius 1 is 1.23 bits per heavy atom. The van der Waals surface area contributed by atoms with E-state index >= 15 is 0 Å². The number of benzene rings is 1. The summed E-state index contributed by atoms with van der Waals surface area (Å²) in [6.45, 7) is 5.41. The lowest BCUT2D eigenvalue weighted by molar-refractivity contribution is 0.0690. The number of nitrogens with zero attached hydrogens (tertiary/aromatic N) is 8. The van der Waals surface area contributed by atoms with Crippen LogP contribution in [0.1, 0.15) is 19.2 Å². The molecule has 2 aliphatic rings. The van der Waals surface area contributed by atoms with Crippen molar-refractivity contribution in [2.24, 2.45) is 15.0 Å². The van der Waals surface area contributed by atoms with Crippen molar-refractivity contribution in [2.45, 2.75) is 19.9 Å². The van der Waals surface area contributed by atoms with Gasteiger partial charge in [0.1, 0.15) is 29.7 Å². The molecule has 0 N–H and O–H groups in total. The molecule has 1 aromatic carbocycles. The van der Waals surface area contributed by atoms with Gasteiger partial charge in [0.2, 0.25) is 0 Å². The molecule has 0 spiro atoms. The first-order valence-corrected chi connectivity index (χ1v) is 14.6. The molecule has 2 aliphatic heterocycles. The molecular weight excluding hydrogens is 551 g/mol. The topological polar surface area (TPSA) is 115 Å². The van der Waals surface area contributed by atoms with Gasteiger partial charge >= 0.3 is 0 Å². The highest BCUT2D eigenvalue weighted by Gasteiger charge is 2.24. The molecule has 40 heavy (non-hydrogen) atoms. The lowest BCUT2D eigenvalue weighted by Gasteiger charge is -2.29. The molecule has 4 rings (SSSR count). The molecule has 3 heterocycles. The average Bonchev–Trinajstić information content (AvgIpc) is 3.44. The Morgan fingerprint density at radius 3 is 2.67 bits per heavy atom. The van der Waals surface area contributed by atoms with Crippen LogP contribution in [0.5, 0.6) is 11.5 Å². The first kappa shape index (κ1) is 30.0. The number of aromatic nitrogens is 2. The Hall–Kier alpha value is -2.96. The number of ether oxygens (including phenoxy) is 3. The van der Waals surface area contributed by atoms with Crippen LogP contribution in [-0.2, 0) is 22.8 Å². The number of rotatable bonds is 10. The van der Waals surface area contributed by atoms with Crippen molar-refractivity contribution >= 4 is 49.7 Å². The molecule has 216 valence electrons. The average molecular weight is 589 g/mol. The molecule has 0 radical (unpaired) electrons. The van der Waals surface area contributed by atoms with Gasteiger partial charge in [0.15, 0.2) is 23.2 Å². The van der Waals surface area contributed by atoms with E-state index in [1.54, 1.807) is 55.2 Å². The highest BCUT2D eigenvalue weighted by Crippen LogP contribution is 2.30. The lowest BCUT2D eigenvalue weighted by atomic mass is 10.2. The van der Waals surface area contributed by atoms with E-state index in [2.05, 4.69) is 31.0 Å². The van der Waals surface area contributed by atoms with Crippen molar-refractivity contribution in [1.82, 2.24) is 18.2 Å². The SMILES string of the molecule is CC/C=C1/N=CC(N2CCOCC2)=N/C1=N/CN(Cc1nccn1[S+]([O-])N(C)C)c1cc(OC)cc(OC)c1P. The van der Waals surface area contributed by atoms with Gasteiger partial charge < -0.3 is 28.6 Å². The van der Waals surface area contributed by atoms with Crippen molar-refractivity contribution in [2.75, 3.05) is 66.2 Å². The number of hydrogen-bond acceptors (Lipinski definition) is 10. The van der Waals surface area contributed by atoms with Crippen molar-refractivity contribution in [3.8, 4) is 11.5 Å². The summed E-state index contributed by atoms with van der Waals surface area (Å²) in [5, 5.41) is 0.832. The smallest absolute Gasteiger partial charge is 0.177 e. The second-order valence-corrected chi connectivity index (χ2v) is 11.3. The van der Waals surface area contributed by atoms with Gasteiger partial charge in [0.25, 0.3) is 0 Å². The van der Waals surface area contributed by atoms with Crippen LogP contribution in [0.15, 0.2) is 51.3 Å². The van der Waals surface area contributed by atoms with E-state index in [4.69, 9.17) is 24.2 Å². The van der Waals surface area contributed by atoms with Crippen LogP contribution in [0.3, 0.4) is 0 Å². The predicted octanol–water partition coefficient (Wildman–Crippen LogP) is 1.86. The summed E-state index contributed by atoms with van der Waals surface area (Å²) < 4.78 is 32.9. The number of anilines is 1. The summed E-state index contributed by atoms with van der Waals surface area (Å²) in [6.07, 6.45) is 7.96. The Kier molecular flexibility index (Phi) is 10.6. The van der Waals surface area contributed by atoms with Crippen LogP contribution in [0, 0.1) is 0 Å². The third kappa shape index (κ3) is 7.02. The quantitative estimate of drug-likeness (QED) is 0.305. The fraction of sp³-hybridized carbons (Fsp3) is 0.462. The van der Waals surface area contributed by atoms with E-state index in [9.17, 15) is 4.55 Å². The summed E-state index contributed by atoms with van der Waals surface area (Å²) in [7, 11) is 9.49. The van der Waals surface area contributed by atoms with Crippen LogP contribution in [0.4, 0.5) is 5.69 Å².